The van der Waals surface area contributed by atoms with Crippen molar-refractivity contribution in [1.29, 1.82) is 0 Å². The highest BCUT2D eigenvalue weighted by Crippen LogP contribution is 2.21. The molecular weight excluding hydrogens is 324 g/mol. The summed E-state index contributed by atoms with van der Waals surface area (Å²) in [6, 6.07) is 19.3. The zero-order valence-electron chi connectivity index (χ0n) is 14.4. The molecule has 3 aromatic carbocycles. The van der Waals surface area contributed by atoms with Crippen LogP contribution in [0.2, 0.25) is 0 Å². The number of aromatic hydroxyl groups is 1. The molecule has 130 valence electrons. The highest BCUT2D eigenvalue weighted by Gasteiger charge is 2.07. The van der Waals surface area contributed by atoms with Crippen LogP contribution < -0.4 is 5.43 Å². The van der Waals surface area contributed by atoms with E-state index in [1.54, 1.807) is 12.1 Å². The van der Waals surface area contributed by atoms with E-state index in [2.05, 4.69) is 17.1 Å². The van der Waals surface area contributed by atoms with Gasteiger partial charge in [-0.05, 0) is 34.4 Å². The summed E-state index contributed by atoms with van der Waals surface area (Å²) >= 11 is 0. The van der Waals surface area contributed by atoms with Crippen LogP contribution in [0, 0.1) is 0 Å². The zero-order chi connectivity index (χ0) is 18.4. The summed E-state index contributed by atoms with van der Waals surface area (Å²) in [5.41, 5.74) is 4.79. The summed E-state index contributed by atoms with van der Waals surface area (Å²) in [6.45, 7) is 3.67. The minimum absolute atomic E-state index is 0.152. The Morgan fingerprint density at radius 3 is 2.62 bits per heavy atom. The topological polar surface area (TPSA) is 61.7 Å². The first-order chi connectivity index (χ1) is 12.7. The molecule has 0 unspecified atom stereocenters. The van der Waals surface area contributed by atoms with Gasteiger partial charge >= 0.3 is 0 Å². The Balaban J connectivity index is 1.68. The van der Waals surface area contributed by atoms with E-state index in [0.29, 0.717) is 12.0 Å². The molecule has 3 aromatic rings. The number of hydrazone groups is 1. The Kier molecular flexibility index (Phi) is 5.44. The van der Waals surface area contributed by atoms with Gasteiger partial charge in [-0.2, -0.15) is 5.10 Å². The smallest absolute Gasteiger partial charge is 0.244 e. The number of phenolic OH excluding ortho intramolecular Hbond substituents is 1. The molecule has 0 spiro atoms. The number of phenols is 1. The van der Waals surface area contributed by atoms with Crippen LogP contribution >= 0.6 is 0 Å². The number of hydrogen-bond donors (Lipinski definition) is 2. The van der Waals surface area contributed by atoms with Crippen LogP contribution in [0.4, 0.5) is 0 Å². The molecule has 1 amide bonds. The number of benzene rings is 3. The number of nitrogens with zero attached hydrogens (tertiary/aromatic N) is 1. The van der Waals surface area contributed by atoms with Crippen molar-refractivity contribution in [2.45, 2.75) is 12.8 Å². The van der Waals surface area contributed by atoms with Crippen LogP contribution in [-0.4, -0.2) is 17.2 Å². The number of para-hydroxylation sites is 1. The van der Waals surface area contributed by atoms with Gasteiger partial charge in [0.1, 0.15) is 5.75 Å². The Morgan fingerprint density at radius 2 is 1.77 bits per heavy atom. The van der Waals surface area contributed by atoms with Gasteiger partial charge in [-0.15, -0.1) is 6.58 Å². The van der Waals surface area contributed by atoms with Crippen molar-refractivity contribution < 1.29 is 9.90 Å². The first kappa shape index (κ1) is 17.4. The average Bonchev–Trinajstić information content (AvgIpc) is 2.65. The number of carbonyl (C=O) groups is 1. The maximum Gasteiger partial charge on any atom is 0.244 e. The number of allylic oxidation sites excluding steroid dienone is 1. The van der Waals surface area contributed by atoms with Gasteiger partial charge < -0.3 is 5.11 Å². The lowest BCUT2D eigenvalue weighted by Crippen LogP contribution is -2.19. The fourth-order valence-electron chi connectivity index (χ4n) is 2.87. The number of amides is 1. The van der Waals surface area contributed by atoms with Crippen LogP contribution in [0.15, 0.2) is 78.4 Å². The molecule has 0 heterocycles. The minimum atomic E-state index is -0.209. The van der Waals surface area contributed by atoms with Crippen molar-refractivity contribution >= 4 is 22.9 Å². The molecular formula is C22H20N2O2. The number of nitrogens with one attached hydrogen (secondary N) is 1. The summed E-state index contributed by atoms with van der Waals surface area (Å²) in [7, 11) is 0. The van der Waals surface area contributed by atoms with E-state index < -0.39 is 0 Å². The van der Waals surface area contributed by atoms with Gasteiger partial charge in [-0.1, -0.05) is 60.7 Å². The van der Waals surface area contributed by atoms with Crippen molar-refractivity contribution in [3.8, 4) is 5.75 Å². The predicted molar refractivity (Wildman–Crippen MR) is 105 cm³/mol. The SMILES string of the molecule is C=CCc1cccc(C=NNC(=O)Cc2cccc3ccccc23)c1O. The summed E-state index contributed by atoms with van der Waals surface area (Å²) in [4.78, 5) is 12.2. The first-order valence-electron chi connectivity index (χ1n) is 8.39. The third-order valence-corrected chi connectivity index (χ3v) is 4.14. The lowest BCUT2D eigenvalue weighted by molar-refractivity contribution is -0.120. The Morgan fingerprint density at radius 1 is 1.04 bits per heavy atom. The van der Waals surface area contributed by atoms with Gasteiger partial charge in [0, 0.05) is 5.56 Å². The second kappa shape index (κ2) is 8.12. The number of carbonyl (C=O) groups excluding carboxylic acids is 1. The van der Waals surface area contributed by atoms with Crippen LogP contribution in [0.3, 0.4) is 0 Å². The molecule has 0 aromatic heterocycles. The highest BCUT2D eigenvalue weighted by molar-refractivity contribution is 5.91. The number of hydrogen-bond acceptors (Lipinski definition) is 3. The molecule has 0 radical (unpaired) electrons. The molecule has 0 saturated heterocycles. The summed E-state index contributed by atoms with van der Waals surface area (Å²) < 4.78 is 0. The summed E-state index contributed by atoms with van der Waals surface area (Å²) in [6.07, 6.45) is 3.98. The van der Waals surface area contributed by atoms with E-state index in [1.807, 2.05) is 54.6 Å². The Hall–Kier alpha value is -3.40. The molecule has 2 N–H and O–H groups in total. The molecule has 0 atom stereocenters. The number of fused-ring (bicyclic) bond motifs is 1. The van der Waals surface area contributed by atoms with Crippen LogP contribution in [-0.2, 0) is 17.6 Å². The van der Waals surface area contributed by atoms with Gasteiger partial charge in [0.25, 0.3) is 0 Å². The van der Waals surface area contributed by atoms with Gasteiger partial charge in [0.05, 0.1) is 12.6 Å². The normalized spacial score (nSPS) is 10.9. The number of rotatable bonds is 6. The van der Waals surface area contributed by atoms with Crippen molar-refractivity contribution in [2.24, 2.45) is 5.10 Å². The molecule has 0 aliphatic heterocycles. The molecule has 0 aliphatic carbocycles. The Labute approximate surface area is 152 Å². The summed E-state index contributed by atoms with van der Waals surface area (Å²) in [5, 5.41) is 16.3. The third kappa shape index (κ3) is 3.98. The highest BCUT2D eigenvalue weighted by atomic mass is 16.3. The maximum absolute atomic E-state index is 12.2. The molecule has 4 heteroatoms. The standard InChI is InChI=1S/C22H20N2O2/c1-2-7-17-10-6-12-19(22(17)26)15-23-24-21(25)14-18-11-5-9-16-8-3-4-13-20(16)18/h2-6,8-13,15,26H,1,7,14H2,(H,24,25). The zero-order valence-corrected chi connectivity index (χ0v) is 14.4. The van der Waals surface area contributed by atoms with E-state index in [4.69, 9.17) is 0 Å². The predicted octanol–water partition coefficient (Wildman–Crippen LogP) is 3.97. The minimum Gasteiger partial charge on any atom is -0.507 e. The van der Waals surface area contributed by atoms with Gasteiger partial charge in [0.15, 0.2) is 0 Å². The third-order valence-electron chi connectivity index (χ3n) is 4.14. The molecule has 0 fully saturated rings. The van der Waals surface area contributed by atoms with E-state index in [0.717, 1.165) is 21.9 Å². The van der Waals surface area contributed by atoms with Crippen molar-refractivity contribution in [2.75, 3.05) is 0 Å². The van der Waals surface area contributed by atoms with E-state index in [1.165, 1.54) is 6.21 Å². The monoisotopic (exact) mass is 344 g/mol. The molecule has 26 heavy (non-hydrogen) atoms. The van der Waals surface area contributed by atoms with Gasteiger partial charge in [0.2, 0.25) is 5.91 Å². The maximum atomic E-state index is 12.2. The van der Waals surface area contributed by atoms with E-state index >= 15 is 0 Å². The van der Waals surface area contributed by atoms with E-state index in [-0.39, 0.29) is 18.1 Å². The lowest BCUT2D eigenvalue weighted by atomic mass is 10.0. The van der Waals surface area contributed by atoms with Crippen molar-refractivity contribution in [1.82, 2.24) is 5.43 Å². The van der Waals surface area contributed by atoms with Crippen LogP contribution in [0.5, 0.6) is 5.75 Å². The quantitative estimate of drug-likeness (QED) is 0.404. The fraction of sp³-hybridized carbons (Fsp3) is 0.0909. The van der Waals surface area contributed by atoms with Crippen molar-refractivity contribution in [3.63, 3.8) is 0 Å². The largest absolute Gasteiger partial charge is 0.507 e. The molecule has 4 nitrogen and oxygen atoms in total. The molecule has 0 aliphatic rings. The second-order valence-corrected chi connectivity index (χ2v) is 5.96. The van der Waals surface area contributed by atoms with Crippen LogP contribution in [0.1, 0.15) is 16.7 Å². The van der Waals surface area contributed by atoms with Crippen molar-refractivity contribution in [3.05, 3.63) is 90.0 Å². The Bertz CT molecular complexity index is 972. The fourth-order valence-corrected chi connectivity index (χ4v) is 2.87. The lowest BCUT2D eigenvalue weighted by Gasteiger charge is -2.06. The summed E-state index contributed by atoms with van der Waals surface area (Å²) in [5.74, 6) is -0.0567. The van der Waals surface area contributed by atoms with Crippen LogP contribution in [0.25, 0.3) is 10.8 Å². The average molecular weight is 344 g/mol. The first-order valence-corrected chi connectivity index (χ1v) is 8.39. The molecule has 3 rings (SSSR count). The van der Waals surface area contributed by atoms with Gasteiger partial charge in [-0.25, -0.2) is 5.43 Å². The van der Waals surface area contributed by atoms with E-state index in [9.17, 15) is 9.90 Å². The molecule has 0 saturated carbocycles. The molecule has 0 bridgehead atoms. The van der Waals surface area contributed by atoms with Gasteiger partial charge in [-0.3, -0.25) is 4.79 Å². The second-order valence-electron chi connectivity index (χ2n) is 5.96.